The van der Waals surface area contributed by atoms with Crippen LogP contribution in [-0.4, -0.2) is 66.4 Å². The van der Waals surface area contributed by atoms with Crippen LogP contribution in [0.2, 0.25) is 0 Å². The van der Waals surface area contributed by atoms with E-state index < -0.39 is 0 Å². The van der Waals surface area contributed by atoms with Crippen LogP contribution >= 0.6 is 0 Å². The number of aromatic nitrogens is 6. The lowest BCUT2D eigenvalue weighted by molar-refractivity contribution is -0.0677. The number of anilines is 2. The Labute approximate surface area is 233 Å². The summed E-state index contributed by atoms with van der Waals surface area (Å²) in [6, 6.07) is 8.74. The Balaban J connectivity index is 1.28. The maximum atomic E-state index is 13.3. The molecule has 1 atom stereocenters. The fraction of sp³-hybridized carbons (Fsp3) is 0.448. The van der Waals surface area contributed by atoms with Crippen LogP contribution in [0.1, 0.15) is 67.2 Å². The third-order valence-electron chi connectivity index (χ3n) is 7.52. The zero-order valence-electron chi connectivity index (χ0n) is 23.3. The molecule has 4 aromatic rings. The van der Waals surface area contributed by atoms with Gasteiger partial charge >= 0.3 is 0 Å². The Morgan fingerprint density at radius 2 is 2.02 bits per heavy atom. The quantitative estimate of drug-likeness (QED) is 0.339. The van der Waals surface area contributed by atoms with E-state index in [0.717, 1.165) is 49.7 Å². The number of hydrogen-bond acceptors (Lipinski definition) is 10. The number of benzene rings is 1. The summed E-state index contributed by atoms with van der Waals surface area (Å²) in [5.74, 6) is 1.09. The molecular weight excluding hydrogens is 508 g/mol. The van der Waals surface area contributed by atoms with Crippen molar-refractivity contribution in [1.29, 1.82) is 0 Å². The largest absolute Gasteiger partial charge is 0.378 e. The average Bonchev–Trinajstić information content (AvgIpc) is 3.51. The summed E-state index contributed by atoms with van der Waals surface area (Å²) in [5, 5.41) is 11.4. The highest BCUT2D eigenvalue weighted by molar-refractivity contribution is 5.93. The van der Waals surface area contributed by atoms with E-state index in [2.05, 4.69) is 48.6 Å². The van der Waals surface area contributed by atoms with Gasteiger partial charge in [0.2, 0.25) is 23.4 Å². The van der Waals surface area contributed by atoms with Gasteiger partial charge in [-0.1, -0.05) is 38.1 Å². The van der Waals surface area contributed by atoms with E-state index in [1.54, 1.807) is 17.1 Å². The van der Waals surface area contributed by atoms with Crippen molar-refractivity contribution < 1.29 is 14.1 Å². The molecule has 11 nitrogen and oxygen atoms in total. The van der Waals surface area contributed by atoms with Gasteiger partial charge in [-0.15, -0.1) is 0 Å². The van der Waals surface area contributed by atoms with E-state index in [1.165, 1.54) is 11.1 Å². The molecule has 0 radical (unpaired) electrons. The van der Waals surface area contributed by atoms with Crippen molar-refractivity contribution in [3.63, 3.8) is 0 Å². The lowest BCUT2D eigenvalue weighted by Gasteiger charge is -2.36. The highest BCUT2D eigenvalue weighted by Crippen LogP contribution is 2.36. The Bertz CT molecular complexity index is 1520. The number of ether oxygens (including phenoxy) is 1. The standard InChI is InChI=1S/C29H34N8O3/c1-29(2,3)27-34-26(35-40-27)25(38)12-18-8-10-37(22-16-39-17-22)14-20-11-19(5-6-23(18)20)24-7-9-30-28(33-24)32-21-13-31-36(4)15-21/h5-7,9,11,13,15,18,22H,8,10,12,14,16-17H2,1-4H3,(H,30,32,33)/t18-/m1/s1. The minimum absolute atomic E-state index is 0.0485. The molecule has 0 unspecified atom stereocenters. The predicted molar refractivity (Wildman–Crippen MR) is 148 cm³/mol. The van der Waals surface area contributed by atoms with Crippen LogP contribution in [0.15, 0.2) is 47.4 Å². The Hall–Kier alpha value is -3.96. The molecular formula is C29H34N8O3. The second-order valence-corrected chi connectivity index (χ2v) is 11.7. The lowest BCUT2D eigenvalue weighted by Crippen LogP contribution is -2.48. The first-order chi connectivity index (χ1) is 19.2. The van der Waals surface area contributed by atoms with Crippen molar-refractivity contribution in [3.05, 3.63) is 65.7 Å². The van der Waals surface area contributed by atoms with Crippen LogP contribution in [-0.2, 0) is 23.7 Å². The Morgan fingerprint density at radius 3 is 2.73 bits per heavy atom. The van der Waals surface area contributed by atoms with E-state index >= 15 is 0 Å². The third kappa shape index (κ3) is 5.52. The summed E-state index contributed by atoms with van der Waals surface area (Å²) in [5.41, 5.74) is 4.71. The summed E-state index contributed by atoms with van der Waals surface area (Å²) in [4.78, 5) is 29.3. The molecule has 1 aromatic carbocycles. The van der Waals surface area contributed by atoms with Crippen LogP contribution in [0, 0.1) is 0 Å². The minimum Gasteiger partial charge on any atom is -0.378 e. The van der Waals surface area contributed by atoms with Crippen molar-refractivity contribution in [2.75, 3.05) is 25.1 Å². The predicted octanol–water partition coefficient (Wildman–Crippen LogP) is 4.26. The molecule has 40 heavy (non-hydrogen) atoms. The van der Waals surface area contributed by atoms with Crippen LogP contribution in [0.5, 0.6) is 0 Å². The molecule has 0 bridgehead atoms. The molecule has 3 aromatic heterocycles. The minimum atomic E-state index is -0.309. The SMILES string of the molecule is Cn1cc(Nc2nccc(-c3ccc4c(c3)CN(C3COC3)CC[C@@H]4CC(=O)c3noc(C(C)(C)C)n3)n2)cn1. The molecule has 11 heteroatoms. The molecule has 2 aliphatic rings. The van der Waals surface area contributed by atoms with Gasteiger partial charge in [0.15, 0.2) is 0 Å². The Kier molecular flexibility index (Phi) is 6.93. The van der Waals surface area contributed by atoms with Crippen molar-refractivity contribution in [1.82, 2.24) is 34.8 Å². The highest BCUT2D eigenvalue weighted by atomic mass is 16.5. The molecule has 6 rings (SSSR count). The first kappa shape index (κ1) is 26.3. The third-order valence-corrected chi connectivity index (χ3v) is 7.52. The monoisotopic (exact) mass is 542 g/mol. The summed E-state index contributed by atoms with van der Waals surface area (Å²) in [7, 11) is 1.86. The first-order valence-corrected chi connectivity index (χ1v) is 13.6. The fourth-order valence-electron chi connectivity index (χ4n) is 5.18. The molecule has 0 spiro atoms. The number of hydrogen-bond donors (Lipinski definition) is 1. The van der Waals surface area contributed by atoms with Gasteiger partial charge in [0.05, 0.1) is 36.8 Å². The molecule has 1 N–H and O–H groups in total. The number of fused-ring (bicyclic) bond motifs is 1. The molecule has 0 amide bonds. The van der Waals surface area contributed by atoms with E-state index in [0.29, 0.717) is 24.3 Å². The summed E-state index contributed by atoms with van der Waals surface area (Å²) < 4.78 is 12.6. The maximum Gasteiger partial charge on any atom is 0.238 e. The summed E-state index contributed by atoms with van der Waals surface area (Å²) in [6.07, 6.45) is 6.56. The van der Waals surface area contributed by atoms with Crippen molar-refractivity contribution in [3.8, 4) is 11.3 Å². The topological polar surface area (TPSA) is 124 Å². The summed E-state index contributed by atoms with van der Waals surface area (Å²) in [6.45, 7) is 9.14. The number of nitrogens with one attached hydrogen (secondary N) is 1. The van der Waals surface area contributed by atoms with Crippen LogP contribution < -0.4 is 5.32 Å². The van der Waals surface area contributed by atoms with E-state index in [1.807, 2.05) is 40.1 Å². The number of rotatable bonds is 7. The number of aryl methyl sites for hydroxylation is 1. The smallest absolute Gasteiger partial charge is 0.238 e. The van der Waals surface area contributed by atoms with Gasteiger partial charge in [-0.25, -0.2) is 9.97 Å². The molecule has 1 saturated heterocycles. The number of Topliss-reactive ketones (excluding diaryl/α,β-unsaturated/α-hetero) is 1. The van der Waals surface area contributed by atoms with Crippen molar-refractivity contribution in [2.24, 2.45) is 7.05 Å². The lowest BCUT2D eigenvalue weighted by atomic mass is 9.87. The number of carbonyl (C=O) groups is 1. The van der Waals surface area contributed by atoms with Crippen LogP contribution in [0.4, 0.5) is 11.6 Å². The molecule has 5 heterocycles. The zero-order chi connectivity index (χ0) is 27.9. The van der Waals surface area contributed by atoms with Gasteiger partial charge in [-0.3, -0.25) is 14.4 Å². The summed E-state index contributed by atoms with van der Waals surface area (Å²) >= 11 is 0. The molecule has 208 valence electrons. The second-order valence-electron chi connectivity index (χ2n) is 11.7. The van der Waals surface area contributed by atoms with Crippen LogP contribution in [0.25, 0.3) is 11.3 Å². The number of ketones is 1. The Morgan fingerprint density at radius 1 is 1.18 bits per heavy atom. The van der Waals surface area contributed by atoms with Gasteiger partial charge < -0.3 is 14.6 Å². The fourth-order valence-corrected chi connectivity index (χ4v) is 5.18. The number of carbonyl (C=O) groups excluding carboxylic acids is 1. The van der Waals surface area contributed by atoms with E-state index in [-0.39, 0.29) is 22.9 Å². The van der Waals surface area contributed by atoms with Gasteiger partial charge in [0, 0.05) is 43.4 Å². The second kappa shape index (κ2) is 10.5. The molecule has 2 aliphatic heterocycles. The van der Waals surface area contributed by atoms with Gasteiger partial charge in [0.1, 0.15) is 0 Å². The number of nitrogens with zero attached hydrogens (tertiary/aromatic N) is 7. The van der Waals surface area contributed by atoms with E-state index in [9.17, 15) is 4.79 Å². The highest BCUT2D eigenvalue weighted by Gasteiger charge is 2.32. The van der Waals surface area contributed by atoms with Crippen LogP contribution in [0.3, 0.4) is 0 Å². The first-order valence-electron chi connectivity index (χ1n) is 13.6. The van der Waals surface area contributed by atoms with Gasteiger partial charge in [-0.05, 0) is 42.1 Å². The molecule has 0 aliphatic carbocycles. The van der Waals surface area contributed by atoms with Gasteiger partial charge in [0.25, 0.3) is 0 Å². The van der Waals surface area contributed by atoms with Crippen molar-refractivity contribution in [2.45, 2.75) is 57.5 Å². The van der Waals surface area contributed by atoms with Gasteiger partial charge in [-0.2, -0.15) is 10.1 Å². The molecule has 0 saturated carbocycles. The normalized spacial score (nSPS) is 18.1. The zero-order valence-corrected chi connectivity index (χ0v) is 23.3. The average molecular weight is 543 g/mol. The van der Waals surface area contributed by atoms with E-state index in [4.69, 9.17) is 14.2 Å². The van der Waals surface area contributed by atoms with Crippen molar-refractivity contribution >= 4 is 17.4 Å². The maximum absolute atomic E-state index is 13.3. The molecule has 1 fully saturated rings.